The van der Waals surface area contributed by atoms with Gasteiger partial charge in [0.15, 0.2) is 11.5 Å². The molecule has 0 atom stereocenters. The fourth-order valence-electron chi connectivity index (χ4n) is 1.37. The quantitative estimate of drug-likeness (QED) is 0.682. The van der Waals surface area contributed by atoms with Crippen LogP contribution in [0.15, 0.2) is 12.1 Å². The zero-order valence-electron chi connectivity index (χ0n) is 7.42. The van der Waals surface area contributed by atoms with Crippen LogP contribution in [0.5, 0.6) is 11.5 Å². The van der Waals surface area contributed by atoms with E-state index < -0.39 is 6.67 Å². The molecule has 0 N–H and O–H groups in total. The van der Waals surface area contributed by atoms with Crippen LogP contribution in [-0.2, 0) is 6.67 Å². The van der Waals surface area contributed by atoms with Crippen LogP contribution >= 0.6 is 0 Å². The first-order valence-corrected chi connectivity index (χ1v) is 4.23. The lowest BCUT2D eigenvalue weighted by Gasteiger charge is -2.19. The van der Waals surface area contributed by atoms with Gasteiger partial charge in [0.1, 0.15) is 26.0 Å². The summed E-state index contributed by atoms with van der Waals surface area (Å²) in [5.74, 6) is 0.888. The topological polar surface area (TPSA) is 42.2 Å². The molecule has 14 heavy (non-hydrogen) atoms. The second-order valence-electron chi connectivity index (χ2n) is 2.91. The van der Waals surface area contributed by atoms with Crippen LogP contribution in [0.1, 0.15) is 11.1 Å². The van der Waals surface area contributed by atoms with Crippen LogP contribution < -0.4 is 9.47 Å². The molecular formula is C10H8FNO2. The zero-order valence-corrected chi connectivity index (χ0v) is 7.42. The van der Waals surface area contributed by atoms with E-state index in [1.165, 1.54) is 6.07 Å². The molecule has 0 saturated carbocycles. The molecule has 3 nitrogen and oxygen atoms in total. The van der Waals surface area contributed by atoms with Gasteiger partial charge in [-0.15, -0.1) is 0 Å². The van der Waals surface area contributed by atoms with Crippen molar-refractivity contribution in [2.24, 2.45) is 0 Å². The minimum Gasteiger partial charge on any atom is -0.486 e. The number of fused-ring (bicyclic) bond motifs is 1. The summed E-state index contributed by atoms with van der Waals surface area (Å²) in [7, 11) is 0. The van der Waals surface area contributed by atoms with Gasteiger partial charge in [0.05, 0.1) is 5.56 Å². The Morgan fingerprint density at radius 1 is 1.36 bits per heavy atom. The number of rotatable bonds is 1. The lowest BCUT2D eigenvalue weighted by Crippen LogP contribution is -2.16. The molecule has 0 saturated heterocycles. The van der Waals surface area contributed by atoms with Gasteiger partial charge in [0, 0.05) is 0 Å². The molecule has 0 amide bonds. The highest BCUT2D eigenvalue weighted by atomic mass is 19.1. The van der Waals surface area contributed by atoms with Gasteiger partial charge in [0.2, 0.25) is 0 Å². The Hall–Kier alpha value is -1.76. The molecule has 2 rings (SSSR count). The summed E-state index contributed by atoms with van der Waals surface area (Å²) in [6, 6.07) is 5.00. The normalized spacial score (nSPS) is 13.4. The summed E-state index contributed by atoms with van der Waals surface area (Å²) < 4.78 is 22.9. The molecule has 1 aliphatic rings. The molecule has 0 fully saturated rings. The van der Waals surface area contributed by atoms with Gasteiger partial charge in [-0.2, -0.15) is 5.26 Å². The number of nitrogens with zero attached hydrogens (tertiary/aromatic N) is 1. The van der Waals surface area contributed by atoms with Crippen LogP contribution in [0.3, 0.4) is 0 Å². The van der Waals surface area contributed by atoms with Crippen molar-refractivity contribution in [2.75, 3.05) is 13.2 Å². The maximum atomic E-state index is 12.4. The molecule has 0 aromatic heterocycles. The Kier molecular flexibility index (Phi) is 2.23. The molecule has 0 bridgehead atoms. The van der Waals surface area contributed by atoms with Gasteiger partial charge >= 0.3 is 0 Å². The standard InChI is InChI=1S/C10H8FNO2/c11-5-7-3-8(6-12)10-9(4-7)13-1-2-14-10/h3-4H,1-2,5H2. The lowest BCUT2D eigenvalue weighted by atomic mass is 10.1. The van der Waals surface area contributed by atoms with E-state index >= 15 is 0 Å². The summed E-state index contributed by atoms with van der Waals surface area (Å²) in [5.41, 5.74) is 0.764. The fraction of sp³-hybridized carbons (Fsp3) is 0.300. The lowest BCUT2D eigenvalue weighted by molar-refractivity contribution is 0.170. The number of halogens is 1. The Bertz CT molecular complexity index is 398. The number of benzene rings is 1. The summed E-state index contributed by atoms with van der Waals surface area (Å²) in [5, 5.41) is 8.81. The molecule has 1 aliphatic heterocycles. The van der Waals surface area contributed by atoms with Gasteiger partial charge < -0.3 is 9.47 Å². The first-order valence-electron chi connectivity index (χ1n) is 4.23. The number of nitriles is 1. The van der Waals surface area contributed by atoms with Gasteiger partial charge in [-0.3, -0.25) is 0 Å². The van der Waals surface area contributed by atoms with E-state index in [-0.39, 0.29) is 0 Å². The van der Waals surface area contributed by atoms with Crippen molar-refractivity contribution >= 4 is 0 Å². The van der Waals surface area contributed by atoms with Gasteiger partial charge in [0.25, 0.3) is 0 Å². The van der Waals surface area contributed by atoms with Crippen molar-refractivity contribution in [1.29, 1.82) is 5.26 Å². The van der Waals surface area contributed by atoms with Crippen LogP contribution in [0.4, 0.5) is 4.39 Å². The van der Waals surface area contributed by atoms with E-state index in [2.05, 4.69) is 0 Å². The second kappa shape index (κ2) is 3.54. The van der Waals surface area contributed by atoms with E-state index in [1.54, 1.807) is 6.07 Å². The molecule has 0 radical (unpaired) electrons. The van der Waals surface area contributed by atoms with Crippen LogP contribution in [0.2, 0.25) is 0 Å². The van der Waals surface area contributed by atoms with E-state index in [4.69, 9.17) is 14.7 Å². The third-order valence-corrected chi connectivity index (χ3v) is 1.98. The first-order chi connectivity index (χ1) is 6.85. The number of hydrogen-bond donors (Lipinski definition) is 0. The van der Waals surface area contributed by atoms with Crippen molar-refractivity contribution < 1.29 is 13.9 Å². The van der Waals surface area contributed by atoms with E-state index in [0.29, 0.717) is 35.8 Å². The minimum atomic E-state index is -0.606. The average molecular weight is 193 g/mol. The largest absolute Gasteiger partial charge is 0.486 e. The SMILES string of the molecule is N#Cc1cc(CF)cc2c1OCCO2. The van der Waals surface area contributed by atoms with Crippen molar-refractivity contribution in [2.45, 2.75) is 6.67 Å². The fourth-order valence-corrected chi connectivity index (χ4v) is 1.37. The summed E-state index contributed by atoms with van der Waals surface area (Å²) >= 11 is 0. The predicted octanol–water partition coefficient (Wildman–Crippen LogP) is 1.80. The summed E-state index contributed by atoms with van der Waals surface area (Å²) in [4.78, 5) is 0. The number of ether oxygens (including phenoxy) is 2. The maximum absolute atomic E-state index is 12.4. The average Bonchev–Trinajstić information content (AvgIpc) is 2.27. The second-order valence-corrected chi connectivity index (χ2v) is 2.91. The highest BCUT2D eigenvalue weighted by molar-refractivity contribution is 5.55. The smallest absolute Gasteiger partial charge is 0.179 e. The minimum absolute atomic E-state index is 0.329. The Morgan fingerprint density at radius 2 is 2.14 bits per heavy atom. The Morgan fingerprint density at radius 3 is 2.86 bits per heavy atom. The van der Waals surface area contributed by atoms with Gasteiger partial charge in [-0.1, -0.05) is 0 Å². The van der Waals surface area contributed by atoms with Crippen LogP contribution in [0.25, 0.3) is 0 Å². The van der Waals surface area contributed by atoms with Crippen molar-refractivity contribution in [1.82, 2.24) is 0 Å². The van der Waals surface area contributed by atoms with Crippen molar-refractivity contribution in [3.8, 4) is 17.6 Å². The van der Waals surface area contributed by atoms with Crippen LogP contribution in [0, 0.1) is 11.3 Å². The van der Waals surface area contributed by atoms with E-state index in [9.17, 15) is 4.39 Å². The van der Waals surface area contributed by atoms with Crippen molar-refractivity contribution in [3.05, 3.63) is 23.3 Å². The van der Waals surface area contributed by atoms with E-state index in [1.807, 2.05) is 6.07 Å². The molecule has 0 unspecified atom stereocenters. The highest BCUT2D eigenvalue weighted by Gasteiger charge is 2.17. The zero-order chi connectivity index (χ0) is 9.97. The van der Waals surface area contributed by atoms with Gasteiger partial charge in [-0.25, -0.2) is 4.39 Å². The summed E-state index contributed by atoms with van der Waals surface area (Å²) in [6.45, 7) is 0.260. The molecule has 4 heteroatoms. The summed E-state index contributed by atoms with van der Waals surface area (Å²) in [6.07, 6.45) is 0. The molecule has 1 aromatic rings. The van der Waals surface area contributed by atoms with E-state index in [0.717, 1.165) is 0 Å². The third kappa shape index (κ3) is 1.37. The number of alkyl halides is 1. The van der Waals surface area contributed by atoms with Gasteiger partial charge in [-0.05, 0) is 17.7 Å². The molecule has 0 aliphatic carbocycles. The number of hydrogen-bond acceptors (Lipinski definition) is 3. The predicted molar refractivity (Wildman–Crippen MR) is 47.0 cm³/mol. The first kappa shape index (κ1) is 8.82. The van der Waals surface area contributed by atoms with Crippen molar-refractivity contribution in [3.63, 3.8) is 0 Å². The molecule has 1 aromatic carbocycles. The molecule has 72 valence electrons. The third-order valence-electron chi connectivity index (χ3n) is 1.98. The molecular weight excluding hydrogens is 185 g/mol. The Balaban J connectivity index is 2.54. The Labute approximate surface area is 80.7 Å². The highest BCUT2D eigenvalue weighted by Crippen LogP contribution is 2.34. The molecule has 1 heterocycles. The maximum Gasteiger partial charge on any atom is 0.179 e. The van der Waals surface area contributed by atoms with Crippen LogP contribution in [-0.4, -0.2) is 13.2 Å². The molecule has 0 spiro atoms. The monoisotopic (exact) mass is 193 g/mol.